The minimum Gasteiger partial charge on any atom is -0.456 e. The second kappa shape index (κ2) is 9.63. The standard InChI is InChI=1S/C27H38O/c1-5-7-9-11-19-27(20-12-10-8-6-2)23-17-13-15-21(3)25(23)28-26-22(4)16-14-18-24(26)27/h13-18H,5-12,19-20H2,1-4H3. The van der Waals surface area contributed by atoms with E-state index in [0.29, 0.717) is 0 Å². The molecule has 0 unspecified atom stereocenters. The van der Waals surface area contributed by atoms with Gasteiger partial charge in [-0.05, 0) is 37.8 Å². The minimum atomic E-state index is 0.0996. The third kappa shape index (κ3) is 4.14. The summed E-state index contributed by atoms with van der Waals surface area (Å²) in [5.74, 6) is 2.24. The Bertz CT molecular complexity index is 708. The maximum absolute atomic E-state index is 6.55. The lowest BCUT2D eigenvalue weighted by molar-refractivity contribution is 0.335. The molecule has 0 aliphatic carbocycles. The van der Waals surface area contributed by atoms with Gasteiger partial charge in [0, 0.05) is 16.5 Å². The molecule has 1 nitrogen and oxygen atoms in total. The lowest BCUT2D eigenvalue weighted by Crippen LogP contribution is -2.32. The van der Waals surface area contributed by atoms with Crippen LogP contribution in [-0.4, -0.2) is 0 Å². The Morgan fingerprint density at radius 3 is 1.54 bits per heavy atom. The zero-order valence-electron chi connectivity index (χ0n) is 18.4. The fourth-order valence-electron chi connectivity index (χ4n) is 4.95. The van der Waals surface area contributed by atoms with E-state index in [1.807, 2.05) is 0 Å². The molecule has 0 saturated heterocycles. The van der Waals surface area contributed by atoms with E-state index < -0.39 is 0 Å². The number of benzene rings is 2. The molecule has 3 rings (SSSR count). The summed E-state index contributed by atoms with van der Waals surface area (Å²) in [6, 6.07) is 13.5. The summed E-state index contributed by atoms with van der Waals surface area (Å²) in [6.07, 6.45) is 13.0. The van der Waals surface area contributed by atoms with Crippen molar-refractivity contribution in [2.75, 3.05) is 0 Å². The molecule has 0 aromatic heterocycles. The van der Waals surface area contributed by atoms with Crippen LogP contribution >= 0.6 is 0 Å². The molecule has 0 spiro atoms. The first-order valence-electron chi connectivity index (χ1n) is 11.5. The van der Waals surface area contributed by atoms with Crippen molar-refractivity contribution in [3.05, 3.63) is 58.7 Å². The van der Waals surface area contributed by atoms with E-state index in [-0.39, 0.29) is 5.41 Å². The van der Waals surface area contributed by atoms with Gasteiger partial charge in [0.25, 0.3) is 0 Å². The van der Waals surface area contributed by atoms with Crippen LogP contribution in [0.25, 0.3) is 0 Å². The van der Waals surface area contributed by atoms with Crippen molar-refractivity contribution in [3.63, 3.8) is 0 Å². The normalized spacial score (nSPS) is 14.3. The third-order valence-corrected chi connectivity index (χ3v) is 6.57. The third-order valence-electron chi connectivity index (χ3n) is 6.57. The number of fused-ring (bicyclic) bond motifs is 2. The molecule has 2 aromatic rings. The molecule has 0 bridgehead atoms. The molecule has 2 aromatic carbocycles. The van der Waals surface area contributed by atoms with Gasteiger partial charge in [-0.25, -0.2) is 0 Å². The van der Waals surface area contributed by atoms with Crippen molar-refractivity contribution >= 4 is 0 Å². The van der Waals surface area contributed by atoms with Crippen LogP contribution in [0.1, 0.15) is 100 Å². The Kier molecular flexibility index (Phi) is 7.21. The number of ether oxygens (including phenoxy) is 1. The maximum Gasteiger partial charge on any atom is 0.134 e. The zero-order valence-corrected chi connectivity index (χ0v) is 18.4. The van der Waals surface area contributed by atoms with Crippen molar-refractivity contribution in [2.45, 2.75) is 97.3 Å². The molecule has 0 saturated carbocycles. The highest BCUT2D eigenvalue weighted by Gasteiger charge is 2.42. The monoisotopic (exact) mass is 378 g/mol. The number of para-hydroxylation sites is 2. The fraction of sp³-hybridized carbons (Fsp3) is 0.556. The van der Waals surface area contributed by atoms with E-state index in [1.165, 1.54) is 86.5 Å². The Hall–Kier alpha value is -1.76. The van der Waals surface area contributed by atoms with Crippen LogP contribution in [0.5, 0.6) is 11.5 Å². The molecular weight excluding hydrogens is 340 g/mol. The van der Waals surface area contributed by atoms with E-state index in [9.17, 15) is 0 Å². The van der Waals surface area contributed by atoms with Gasteiger partial charge in [-0.1, -0.05) is 102 Å². The van der Waals surface area contributed by atoms with Crippen molar-refractivity contribution in [1.29, 1.82) is 0 Å². The quantitative estimate of drug-likeness (QED) is 0.376. The molecule has 1 aliphatic heterocycles. The van der Waals surface area contributed by atoms with Crippen LogP contribution in [0.2, 0.25) is 0 Å². The topological polar surface area (TPSA) is 9.23 Å². The maximum atomic E-state index is 6.55. The highest BCUT2D eigenvalue weighted by molar-refractivity contribution is 5.61. The molecule has 0 N–H and O–H groups in total. The predicted molar refractivity (Wildman–Crippen MR) is 121 cm³/mol. The number of rotatable bonds is 10. The van der Waals surface area contributed by atoms with Gasteiger partial charge in [0.1, 0.15) is 11.5 Å². The Labute approximate surface area is 172 Å². The summed E-state index contributed by atoms with van der Waals surface area (Å²) in [7, 11) is 0. The number of hydrogen-bond acceptors (Lipinski definition) is 1. The smallest absolute Gasteiger partial charge is 0.134 e. The minimum absolute atomic E-state index is 0.0996. The predicted octanol–water partition coefficient (Wildman–Crippen LogP) is 8.64. The molecule has 0 amide bonds. The zero-order chi connectivity index (χ0) is 20.0. The van der Waals surface area contributed by atoms with Crippen LogP contribution < -0.4 is 4.74 Å². The molecule has 1 heterocycles. The van der Waals surface area contributed by atoms with Crippen molar-refractivity contribution in [1.82, 2.24) is 0 Å². The number of hydrogen-bond donors (Lipinski definition) is 0. The molecular formula is C27H38O. The van der Waals surface area contributed by atoms with Gasteiger partial charge in [0.2, 0.25) is 0 Å². The molecule has 0 fully saturated rings. The van der Waals surface area contributed by atoms with Crippen molar-refractivity contribution in [2.24, 2.45) is 0 Å². The lowest BCUT2D eigenvalue weighted by atomic mass is 9.65. The largest absolute Gasteiger partial charge is 0.456 e. The molecule has 152 valence electrons. The van der Waals surface area contributed by atoms with E-state index in [0.717, 1.165) is 11.5 Å². The van der Waals surface area contributed by atoms with Gasteiger partial charge >= 0.3 is 0 Å². The summed E-state index contributed by atoms with van der Waals surface area (Å²) in [6.45, 7) is 8.99. The van der Waals surface area contributed by atoms with Gasteiger partial charge in [-0.2, -0.15) is 0 Å². The van der Waals surface area contributed by atoms with Crippen LogP contribution in [0.15, 0.2) is 36.4 Å². The van der Waals surface area contributed by atoms with E-state index in [2.05, 4.69) is 64.1 Å². The Morgan fingerprint density at radius 1 is 0.643 bits per heavy atom. The summed E-state index contributed by atoms with van der Waals surface area (Å²) < 4.78 is 6.55. The summed E-state index contributed by atoms with van der Waals surface area (Å²) in [4.78, 5) is 0. The van der Waals surface area contributed by atoms with E-state index in [4.69, 9.17) is 4.74 Å². The van der Waals surface area contributed by atoms with Crippen LogP contribution in [0.4, 0.5) is 0 Å². The highest BCUT2D eigenvalue weighted by Crippen LogP contribution is 2.54. The van der Waals surface area contributed by atoms with Crippen LogP contribution in [-0.2, 0) is 5.41 Å². The van der Waals surface area contributed by atoms with Crippen LogP contribution in [0.3, 0.4) is 0 Å². The summed E-state index contributed by atoms with van der Waals surface area (Å²) >= 11 is 0. The molecule has 0 radical (unpaired) electrons. The van der Waals surface area contributed by atoms with Gasteiger partial charge in [0.05, 0.1) is 0 Å². The van der Waals surface area contributed by atoms with Gasteiger partial charge < -0.3 is 4.74 Å². The van der Waals surface area contributed by atoms with Crippen LogP contribution in [0, 0.1) is 13.8 Å². The molecule has 28 heavy (non-hydrogen) atoms. The molecule has 0 atom stereocenters. The second-order valence-electron chi connectivity index (χ2n) is 8.71. The number of aryl methyl sites for hydroxylation is 2. The summed E-state index contributed by atoms with van der Waals surface area (Å²) in [5, 5.41) is 0. The lowest BCUT2D eigenvalue weighted by Gasteiger charge is -2.42. The van der Waals surface area contributed by atoms with Gasteiger partial charge in [0.15, 0.2) is 0 Å². The van der Waals surface area contributed by atoms with Crippen molar-refractivity contribution < 1.29 is 4.74 Å². The second-order valence-corrected chi connectivity index (χ2v) is 8.71. The molecule has 1 heteroatoms. The fourth-order valence-corrected chi connectivity index (χ4v) is 4.95. The average molecular weight is 379 g/mol. The van der Waals surface area contributed by atoms with E-state index >= 15 is 0 Å². The summed E-state index contributed by atoms with van der Waals surface area (Å²) in [5.41, 5.74) is 5.48. The number of unbranched alkanes of at least 4 members (excludes halogenated alkanes) is 6. The Balaban J connectivity index is 2.07. The van der Waals surface area contributed by atoms with E-state index in [1.54, 1.807) is 0 Å². The first-order valence-corrected chi connectivity index (χ1v) is 11.5. The highest BCUT2D eigenvalue weighted by atomic mass is 16.5. The Morgan fingerprint density at radius 2 is 1.11 bits per heavy atom. The van der Waals surface area contributed by atoms with Gasteiger partial charge in [-0.15, -0.1) is 0 Å². The van der Waals surface area contributed by atoms with Gasteiger partial charge in [-0.3, -0.25) is 0 Å². The first kappa shape index (κ1) is 21.0. The molecule has 1 aliphatic rings. The first-order chi connectivity index (χ1) is 13.6. The van der Waals surface area contributed by atoms with Crippen molar-refractivity contribution in [3.8, 4) is 11.5 Å². The SMILES string of the molecule is CCCCCCC1(CCCCCC)c2cccc(C)c2Oc2c(C)cccc21. The average Bonchev–Trinajstić information content (AvgIpc) is 2.70.